The predicted molar refractivity (Wildman–Crippen MR) is 83.4 cm³/mol. The molecule has 5 nitrogen and oxygen atoms in total. The summed E-state index contributed by atoms with van der Waals surface area (Å²) >= 11 is 0. The van der Waals surface area contributed by atoms with Crippen molar-refractivity contribution >= 4 is 5.91 Å². The summed E-state index contributed by atoms with van der Waals surface area (Å²) in [7, 11) is 0. The van der Waals surface area contributed by atoms with E-state index >= 15 is 0 Å². The second kappa shape index (κ2) is 5.64. The third kappa shape index (κ3) is 2.48. The van der Waals surface area contributed by atoms with Crippen molar-refractivity contribution in [1.82, 2.24) is 15.1 Å². The van der Waals surface area contributed by atoms with Crippen LogP contribution in [-0.4, -0.2) is 22.2 Å². The number of carbonyl (C=O) groups excluding carboxylic acids is 1. The summed E-state index contributed by atoms with van der Waals surface area (Å²) in [6.45, 7) is 4.44. The Balaban J connectivity index is 2.06. The number of carbonyl (C=O) groups is 1. The number of nitriles is 1. The number of nitrogens with zero attached hydrogens (tertiary/aromatic N) is 3. The fourth-order valence-electron chi connectivity index (χ4n) is 2.60. The van der Waals surface area contributed by atoms with E-state index in [4.69, 9.17) is 5.26 Å². The summed E-state index contributed by atoms with van der Waals surface area (Å²) in [6, 6.07) is 9.76. The molecule has 1 aliphatic carbocycles. The van der Waals surface area contributed by atoms with Crippen molar-refractivity contribution in [1.29, 1.82) is 5.26 Å². The summed E-state index contributed by atoms with van der Waals surface area (Å²) in [6.07, 6.45) is 2.14. The summed E-state index contributed by atoms with van der Waals surface area (Å²) in [5.74, 6) is -0.0701. The maximum absolute atomic E-state index is 12.3. The Morgan fingerprint density at radius 3 is 2.64 bits per heavy atom. The van der Waals surface area contributed by atoms with Crippen molar-refractivity contribution in [2.45, 2.75) is 32.7 Å². The van der Waals surface area contributed by atoms with Crippen LogP contribution in [0.4, 0.5) is 0 Å². The van der Waals surface area contributed by atoms with Crippen LogP contribution >= 0.6 is 0 Å². The summed E-state index contributed by atoms with van der Waals surface area (Å²) < 4.78 is 1.87. The van der Waals surface area contributed by atoms with Crippen LogP contribution < -0.4 is 5.32 Å². The number of hydrogen-bond acceptors (Lipinski definition) is 3. The van der Waals surface area contributed by atoms with Crippen molar-refractivity contribution < 1.29 is 4.79 Å². The monoisotopic (exact) mass is 294 g/mol. The Labute approximate surface area is 129 Å². The van der Waals surface area contributed by atoms with E-state index in [-0.39, 0.29) is 5.91 Å². The largest absolute Gasteiger partial charge is 0.351 e. The Hall–Kier alpha value is -2.61. The average Bonchev–Trinajstić information content (AvgIpc) is 3.31. The van der Waals surface area contributed by atoms with Crippen LogP contribution in [0.5, 0.6) is 0 Å². The molecule has 1 heterocycles. The van der Waals surface area contributed by atoms with Crippen molar-refractivity contribution in [3.8, 4) is 17.3 Å². The smallest absolute Gasteiger partial charge is 0.269 e. The van der Waals surface area contributed by atoms with Gasteiger partial charge in [0.15, 0.2) is 0 Å². The van der Waals surface area contributed by atoms with Crippen molar-refractivity contribution in [3.63, 3.8) is 0 Å². The van der Waals surface area contributed by atoms with Gasteiger partial charge in [-0.05, 0) is 38.8 Å². The first-order chi connectivity index (χ1) is 10.7. The molecule has 0 saturated heterocycles. The van der Waals surface area contributed by atoms with Gasteiger partial charge in [-0.15, -0.1) is 0 Å². The van der Waals surface area contributed by atoms with Gasteiger partial charge >= 0.3 is 0 Å². The van der Waals surface area contributed by atoms with Crippen molar-refractivity contribution in [2.75, 3.05) is 6.54 Å². The maximum atomic E-state index is 12.3. The zero-order valence-corrected chi connectivity index (χ0v) is 12.8. The van der Waals surface area contributed by atoms with Gasteiger partial charge in [-0.1, -0.05) is 12.1 Å². The lowest BCUT2D eigenvalue weighted by atomic mass is 10.1. The van der Waals surface area contributed by atoms with Gasteiger partial charge < -0.3 is 5.32 Å². The Morgan fingerprint density at radius 2 is 2.09 bits per heavy atom. The van der Waals surface area contributed by atoms with Crippen LogP contribution in [-0.2, 0) is 0 Å². The number of amides is 1. The molecule has 1 aliphatic rings. The molecule has 5 heteroatoms. The molecule has 112 valence electrons. The van der Waals surface area contributed by atoms with Crippen LogP contribution in [0.1, 0.15) is 47.4 Å². The quantitative estimate of drug-likeness (QED) is 0.942. The lowest BCUT2D eigenvalue weighted by Gasteiger charge is -2.06. The molecule has 0 unspecified atom stereocenters. The van der Waals surface area contributed by atoms with Crippen molar-refractivity contribution in [2.24, 2.45) is 0 Å². The van der Waals surface area contributed by atoms with E-state index in [2.05, 4.69) is 16.5 Å². The number of benzene rings is 1. The molecule has 1 fully saturated rings. The van der Waals surface area contributed by atoms with E-state index in [1.165, 1.54) is 0 Å². The van der Waals surface area contributed by atoms with Crippen LogP contribution in [0.25, 0.3) is 11.3 Å². The second-order valence-electron chi connectivity index (χ2n) is 5.55. The summed E-state index contributed by atoms with van der Waals surface area (Å²) in [5, 5.41) is 16.4. The molecule has 0 bridgehead atoms. The molecule has 0 spiro atoms. The van der Waals surface area contributed by atoms with Gasteiger partial charge in [0.2, 0.25) is 0 Å². The van der Waals surface area contributed by atoms with E-state index in [0.29, 0.717) is 23.8 Å². The Kier molecular flexibility index (Phi) is 3.68. The predicted octanol–water partition coefficient (Wildman–Crippen LogP) is 2.81. The maximum Gasteiger partial charge on any atom is 0.269 e. The van der Waals surface area contributed by atoms with Gasteiger partial charge in [-0.25, -0.2) is 0 Å². The molecule has 1 amide bonds. The van der Waals surface area contributed by atoms with E-state index in [0.717, 1.165) is 29.7 Å². The van der Waals surface area contributed by atoms with Gasteiger partial charge in [0.1, 0.15) is 5.69 Å². The highest BCUT2D eigenvalue weighted by Gasteiger charge is 2.31. The molecular formula is C17H18N4O. The molecule has 1 aromatic heterocycles. The molecule has 1 N–H and O–H groups in total. The molecule has 0 radical (unpaired) electrons. The summed E-state index contributed by atoms with van der Waals surface area (Å²) in [5.41, 5.74) is 3.91. The van der Waals surface area contributed by atoms with Gasteiger partial charge in [-0.2, -0.15) is 10.4 Å². The van der Waals surface area contributed by atoms with E-state index in [9.17, 15) is 4.79 Å². The first-order valence-corrected chi connectivity index (χ1v) is 7.53. The van der Waals surface area contributed by atoms with E-state index < -0.39 is 0 Å². The van der Waals surface area contributed by atoms with Crippen LogP contribution in [0, 0.1) is 18.3 Å². The Bertz CT molecular complexity index is 748. The number of aromatic nitrogens is 2. The van der Waals surface area contributed by atoms with E-state index in [1.807, 2.05) is 30.7 Å². The molecule has 22 heavy (non-hydrogen) atoms. The lowest BCUT2D eigenvalue weighted by Crippen LogP contribution is -2.26. The third-order valence-electron chi connectivity index (χ3n) is 3.88. The molecule has 1 saturated carbocycles. The van der Waals surface area contributed by atoms with Crippen molar-refractivity contribution in [3.05, 3.63) is 41.1 Å². The van der Waals surface area contributed by atoms with Gasteiger partial charge in [-0.3, -0.25) is 9.48 Å². The first-order valence-electron chi connectivity index (χ1n) is 7.53. The van der Waals surface area contributed by atoms with Crippen LogP contribution in [0.2, 0.25) is 0 Å². The van der Waals surface area contributed by atoms with Gasteiger partial charge in [0.05, 0.1) is 23.4 Å². The number of rotatable bonds is 4. The lowest BCUT2D eigenvalue weighted by molar-refractivity contribution is 0.0944. The fourth-order valence-corrected chi connectivity index (χ4v) is 2.60. The molecule has 0 aliphatic heterocycles. The van der Waals surface area contributed by atoms with Crippen LogP contribution in [0.15, 0.2) is 24.3 Å². The highest BCUT2D eigenvalue weighted by molar-refractivity contribution is 5.95. The van der Waals surface area contributed by atoms with Gasteiger partial charge in [0.25, 0.3) is 5.91 Å². The van der Waals surface area contributed by atoms with Gasteiger partial charge in [0, 0.05) is 17.7 Å². The second-order valence-corrected chi connectivity index (χ2v) is 5.55. The van der Waals surface area contributed by atoms with Crippen LogP contribution in [0.3, 0.4) is 0 Å². The first kappa shape index (κ1) is 14.3. The zero-order chi connectivity index (χ0) is 15.7. The third-order valence-corrected chi connectivity index (χ3v) is 3.88. The molecule has 3 rings (SSSR count). The Morgan fingerprint density at radius 1 is 1.41 bits per heavy atom. The highest BCUT2D eigenvalue weighted by atomic mass is 16.2. The summed E-state index contributed by atoms with van der Waals surface area (Å²) in [4.78, 5) is 12.3. The molecular weight excluding hydrogens is 276 g/mol. The van der Waals surface area contributed by atoms with E-state index in [1.54, 1.807) is 12.1 Å². The highest BCUT2D eigenvalue weighted by Crippen LogP contribution is 2.38. The minimum Gasteiger partial charge on any atom is -0.351 e. The molecule has 2 aromatic rings. The zero-order valence-electron chi connectivity index (χ0n) is 12.8. The normalized spacial score (nSPS) is 13.7. The average molecular weight is 294 g/mol. The fraction of sp³-hybridized carbons (Fsp3) is 0.353. The standard InChI is InChI=1S/C17H18N4O/c1-3-19-17(22)16-11(2)15(20-21(16)14-8-9-14)13-6-4-12(10-18)5-7-13/h4-7,14H,3,8-9H2,1-2H3,(H,19,22). The minimum atomic E-state index is -0.0701. The number of nitrogens with one attached hydrogen (secondary N) is 1. The minimum absolute atomic E-state index is 0.0701. The molecule has 0 atom stereocenters. The SMILES string of the molecule is CCNC(=O)c1c(C)c(-c2ccc(C#N)cc2)nn1C1CC1. The molecule has 1 aromatic carbocycles. The number of hydrogen-bond donors (Lipinski definition) is 1. The topological polar surface area (TPSA) is 70.7 Å².